The zero-order chi connectivity index (χ0) is 31.4. The summed E-state index contributed by atoms with van der Waals surface area (Å²) in [5.41, 5.74) is 5.33. The molecule has 3 amide bonds. The Balaban J connectivity index is 1.70. The number of pyridine rings is 1. The van der Waals surface area contributed by atoms with Crippen LogP contribution in [-0.2, 0) is 25.6 Å². The van der Waals surface area contributed by atoms with Crippen LogP contribution in [0.2, 0.25) is 5.02 Å². The van der Waals surface area contributed by atoms with E-state index in [4.69, 9.17) is 16.6 Å². The topological polar surface area (TPSA) is 141 Å². The van der Waals surface area contributed by atoms with Gasteiger partial charge in [0, 0.05) is 17.6 Å². The number of aryl methyl sites for hydroxylation is 2. The summed E-state index contributed by atoms with van der Waals surface area (Å²) in [6, 6.07) is 3.08. The van der Waals surface area contributed by atoms with Crippen molar-refractivity contribution in [3.63, 3.8) is 0 Å². The summed E-state index contributed by atoms with van der Waals surface area (Å²) in [6.45, 7) is 13.0. The van der Waals surface area contributed by atoms with Crippen molar-refractivity contribution in [2.24, 2.45) is 11.3 Å². The number of carboxylic acid groups (broad SMARTS) is 1. The average Bonchev–Trinajstić information content (AvgIpc) is 2.94. The third-order valence-electron chi connectivity index (χ3n) is 7.62. The summed E-state index contributed by atoms with van der Waals surface area (Å²) in [4.78, 5) is 55.6. The van der Waals surface area contributed by atoms with Gasteiger partial charge in [-0.3, -0.25) is 29.2 Å². The molecule has 3 atom stereocenters. The van der Waals surface area contributed by atoms with E-state index >= 15 is 0 Å². The molecular formula is C31H42ClN5O5. The number of carbonyl (C=O) groups excluding carboxylic acids is 3. The first-order valence-electron chi connectivity index (χ1n) is 14.4. The van der Waals surface area contributed by atoms with Crippen molar-refractivity contribution in [3.05, 3.63) is 46.1 Å². The van der Waals surface area contributed by atoms with Gasteiger partial charge in [0.05, 0.1) is 16.0 Å². The smallest absolute Gasteiger partial charge is 0.322 e. The highest BCUT2D eigenvalue weighted by atomic mass is 35.5. The fraction of sp³-hybridized carbons (Fsp3) is 0.516. The minimum Gasteiger partial charge on any atom is -0.480 e. The van der Waals surface area contributed by atoms with Crippen LogP contribution in [0.4, 0.5) is 0 Å². The van der Waals surface area contributed by atoms with Crippen LogP contribution in [0.5, 0.6) is 0 Å². The second-order valence-corrected chi connectivity index (χ2v) is 12.2. The number of nitrogens with zero attached hydrogens (tertiary/aromatic N) is 2. The number of benzene rings is 1. The number of nitrogens with one attached hydrogen (secondary N) is 3. The molecule has 1 fully saturated rings. The molecule has 0 radical (unpaired) electrons. The predicted octanol–water partition coefficient (Wildman–Crippen LogP) is 4.02. The SMILES string of the molecule is CCc1cc(Cl)c2ccc(/C=C/C(C)(C)C(=O)NC(C(=O)NC(C)C(=O)N3CCCC(C(=O)O)N3)C(C)C)c(C)c2n1. The van der Waals surface area contributed by atoms with Gasteiger partial charge in [-0.15, -0.1) is 0 Å². The number of hydrazine groups is 1. The summed E-state index contributed by atoms with van der Waals surface area (Å²) in [6.07, 6.45) is 5.39. The molecule has 0 spiro atoms. The number of amides is 3. The van der Waals surface area contributed by atoms with Crippen molar-refractivity contribution in [1.82, 2.24) is 26.1 Å². The third-order valence-corrected chi connectivity index (χ3v) is 7.93. The molecular weight excluding hydrogens is 558 g/mol. The third kappa shape index (κ3) is 7.66. The van der Waals surface area contributed by atoms with Gasteiger partial charge in [0.2, 0.25) is 11.8 Å². The number of carbonyl (C=O) groups is 4. The molecule has 42 heavy (non-hydrogen) atoms. The lowest BCUT2D eigenvalue weighted by molar-refractivity contribution is -0.148. The molecule has 10 nitrogen and oxygen atoms in total. The minimum absolute atomic E-state index is 0.258. The van der Waals surface area contributed by atoms with Crippen LogP contribution in [-0.4, -0.2) is 63.5 Å². The Morgan fingerprint density at radius 3 is 2.52 bits per heavy atom. The van der Waals surface area contributed by atoms with Gasteiger partial charge in [0.15, 0.2) is 0 Å². The maximum Gasteiger partial charge on any atom is 0.322 e. The number of fused-ring (bicyclic) bond motifs is 1. The average molecular weight is 600 g/mol. The first kappa shape index (κ1) is 33.0. The Labute approximate surface area is 252 Å². The Hall–Kier alpha value is -3.50. The fourth-order valence-corrected chi connectivity index (χ4v) is 5.05. The number of hydrogen-bond donors (Lipinski definition) is 4. The van der Waals surface area contributed by atoms with Crippen LogP contribution in [0.1, 0.15) is 71.2 Å². The van der Waals surface area contributed by atoms with Crippen molar-refractivity contribution in [1.29, 1.82) is 0 Å². The number of hydrogen-bond acceptors (Lipinski definition) is 6. The summed E-state index contributed by atoms with van der Waals surface area (Å²) >= 11 is 6.47. The minimum atomic E-state index is -1.04. The quantitative estimate of drug-likeness (QED) is 0.323. The van der Waals surface area contributed by atoms with E-state index in [0.29, 0.717) is 24.4 Å². The highest BCUT2D eigenvalue weighted by Gasteiger charge is 2.34. The Morgan fingerprint density at radius 2 is 1.90 bits per heavy atom. The lowest BCUT2D eigenvalue weighted by atomic mass is 9.89. The highest BCUT2D eigenvalue weighted by Crippen LogP contribution is 2.29. The molecule has 1 aromatic carbocycles. The Morgan fingerprint density at radius 1 is 1.21 bits per heavy atom. The van der Waals surface area contributed by atoms with Crippen molar-refractivity contribution in [3.8, 4) is 0 Å². The van der Waals surface area contributed by atoms with Gasteiger partial charge in [0.25, 0.3) is 5.91 Å². The van der Waals surface area contributed by atoms with Crippen LogP contribution in [0.15, 0.2) is 24.3 Å². The molecule has 228 valence electrons. The van der Waals surface area contributed by atoms with Gasteiger partial charge >= 0.3 is 5.97 Å². The van der Waals surface area contributed by atoms with E-state index in [1.165, 1.54) is 11.9 Å². The van der Waals surface area contributed by atoms with Gasteiger partial charge < -0.3 is 15.7 Å². The Bertz CT molecular complexity index is 1390. The molecule has 2 aromatic rings. The monoisotopic (exact) mass is 599 g/mol. The first-order valence-corrected chi connectivity index (χ1v) is 14.7. The van der Waals surface area contributed by atoms with Gasteiger partial charge in [0.1, 0.15) is 18.1 Å². The summed E-state index contributed by atoms with van der Waals surface area (Å²) in [5.74, 6) is -2.58. The molecule has 11 heteroatoms. The number of aliphatic carboxylic acids is 1. The van der Waals surface area contributed by atoms with E-state index < -0.39 is 41.3 Å². The molecule has 1 aliphatic heterocycles. The van der Waals surface area contributed by atoms with E-state index in [0.717, 1.165) is 34.1 Å². The Kier molecular flexibility index (Phi) is 10.7. The summed E-state index contributed by atoms with van der Waals surface area (Å²) in [7, 11) is 0. The van der Waals surface area contributed by atoms with E-state index in [-0.39, 0.29) is 11.8 Å². The molecule has 4 N–H and O–H groups in total. The van der Waals surface area contributed by atoms with Crippen LogP contribution in [0, 0.1) is 18.3 Å². The lowest BCUT2D eigenvalue weighted by Crippen LogP contribution is -2.61. The number of carboxylic acids is 1. The fourth-order valence-electron chi connectivity index (χ4n) is 4.77. The summed E-state index contributed by atoms with van der Waals surface area (Å²) < 4.78 is 0. The molecule has 0 saturated carbocycles. The number of aromatic nitrogens is 1. The zero-order valence-corrected chi connectivity index (χ0v) is 26.1. The van der Waals surface area contributed by atoms with E-state index in [2.05, 4.69) is 16.1 Å². The van der Waals surface area contributed by atoms with Crippen LogP contribution >= 0.6 is 11.6 Å². The molecule has 0 aliphatic carbocycles. The van der Waals surface area contributed by atoms with E-state index in [1.54, 1.807) is 19.9 Å². The largest absolute Gasteiger partial charge is 0.480 e. The molecule has 2 heterocycles. The van der Waals surface area contributed by atoms with E-state index in [9.17, 15) is 24.3 Å². The van der Waals surface area contributed by atoms with Gasteiger partial charge in [-0.1, -0.05) is 56.7 Å². The molecule has 1 saturated heterocycles. The van der Waals surface area contributed by atoms with Crippen LogP contribution in [0.3, 0.4) is 0 Å². The number of rotatable bonds is 10. The molecule has 0 bridgehead atoms. The zero-order valence-electron chi connectivity index (χ0n) is 25.4. The maximum absolute atomic E-state index is 13.4. The predicted molar refractivity (Wildman–Crippen MR) is 164 cm³/mol. The van der Waals surface area contributed by atoms with Gasteiger partial charge in [-0.25, -0.2) is 5.43 Å². The normalized spacial score (nSPS) is 17.4. The second-order valence-electron chi connectivity index (χ2n) is 11.8. The lowest BCUT2D eigenvalue weighted by Gasteiger charge is -2.34. The highest BCUT2D eigenvalue weighted by molar-refractivity contribution is 6.35. The van der Waals surface area contributed by atoms with Crippen molar-refractivity contribution >= 4 is 52.3 Å². The molecule has 1 aliphatic rings. The van der Waals surface area contributed by atoms with Crippen molar-refractivity contribution in [2.75, 3.05) is 6.54 Å². The van der Waals surface area contributed by atoms with E-state index in [1.807, 2.05) is 52.0 Å². The molecule has 3 unspecified atom stereocenters. The number of halogens is 1. The van der Waals surface area contributed by atoms with Gasteiger partial charge in [-0.2, -0.15) is 0 Å². The summed E-state index contributed by atoms with van der Waals surface area (Å²) in [5, 5.41) is 17.6. The molecule has 1 aromatic heterocycles. The second kappa shape index (κ2) is 13.6. The van der Waals surface area contributed by atoms with Gasteiger partial charge in [-0.05, 0) is 70.1 Å². The first-order chi connectivity index (χ1) is 19.7. The van der Waals surface area contributed by atoms with Crippen LogP contribution < -0.4 is 16.1 Å². The van der Waals surface area contributed by atoms with Crippen LogP contribution in [0.25, 0.3) is 17.0 Å². The maximum atomic E-state index is 13.4. The van der Waals surface area contributed by atoms with Crippen molar-refractivity contribution in [2.45, 2.75) is 85.9 Å². The standard InChI is InChI=1S/C31H42ClN5O5/c1-8-21-16-23(32)22-12-11-20(18(4)26(22)34-21)13-14-31(6,7)30(42)35-25(17(2)3)27(38)33-19(5)28(39)37-15-9-10-24(36-37)29(40)41/h11-14,16-17,19,24-25,36H,8-10,15H2,1-7H3,(H,33,38)(H,35,42)(H,40,41)/b14-13+. The molecule has 3 rings (SSSR count). The van der Waals surface area contributed by atoms with Crippen molar-refractivity contribution < 1.29 is 24.3 Å².